The number of piperidine rings is 1. The van der Waals surface area contributed by atoms with Crippen LogP contribution in [0.5, 0.6) is 0 Å². The number of likely N-dealkylation sites (tertiary alicyclic amines) is 1. The van der Waals surface area contributed by atoms with E-state index in [9.17, 15) is 5.11 Å². The Balaban J connectivity index is 2.43. The summed E-state index contributed by atoms with van der Waals surface area (Å²) in [6.07, 6.45) is 0.937. The average molecular weight is 158 g/mol. The zero-order valence-corrected chi connectivity index (χ0v) is 7.80. The second kappa shape index (κ2) is 3.55. The first-order valence-corrected chi connectivity index (χ1v) is 4.62. The van der Waals surface area contributed by atoms with E-state index in [4.69, 9.17) is 0 Å². The van der Waals surface area contributed by atoms with E-state index in [0.29, 0.717) is 12.0 Å². The Morgan fingerprint density at radius 2 is 2.00 bits per heavy atom. The van der Waals surface area contributed by atoms with E-state index in [1.165, 1.54) is 6.54 Å². The molecule has 0 spiro atoms. The SMILES string of the molecule is CC(C)[NH+]1C[C@H](C)C[C@@H](O)C1. The summed E-state index contributed by atoms with van der Waals surface area (Å²) < 4.78 is 0. The van der Waals surface area contributed by atoms with Crippen LogP contribution in [0, 0.1) is 5.92 Å². The minimum atomic E-state index is -0.0591. The van der Waals surface area contributed by atoms with E-state index in [-0.39, 0.29) is 6.10 Å². The molecule has 1 unspecified atom stereocenters. The fourth-order valence-electron chi connectivity index (χ4n) is 1.94. The van der Waals surface area contributed by atoms with Gasteiger partial charge < -0.3 is 10.0 Å². The molecule has 0 aromatic heterocycles. The van der Waals surface area contributed by atoms with Crippen LogP contribution in [-0.2, 0) is 0 Å². The summed E-state index contributed by atoms with van der Waals surface area (Å²) in [5, 5.41) is 9.48. The first-order chi connectivity index (χ1) is 5.09. The number of nitrogens with one attached hydrogen (secondary N) is 1. The molecule has 0 aromatic rings. The van der Waals surface area contributed by atoms with E-state index in [1.807, 2.05) is 0 Å². The monoisotopic (exact) mass is 158 g/mol. The van der Waals surface area contributed by atoms with Crippen LogP contribution < -0.4 is 4.90 Å². The molecule has 1 aliphatic rings. The largest absolute Gasteiger partial charge is 0.387 e. The summed E-state index contributed by atoms with van der Waals surface area (Å²) in [5.41, 5.74) is 0. The van der Waals surface area contributed by atoms with Crippen molar-refractivity contribution in [3.63, 3.8) is 0 Å². The third-order valence-electron chi connectivity index (χ3n) is 2.60. The van der Waals surface area contributed by atoms with Crippen LogP contribution in [-0.4, -0.2) is 30.3 Å². The van der Waals surface area contributed by atoms with Gasteiger partial charge in [-0.2, -0.15) is 0 Å². The fourth-order valence-corrected chi connectivity index (χ4v) is 1.94. The molecule has 2 N–H and O–H groups in total. The predicted molar refractivity (Wildman–Crippen MR) is 45.6 cm³/mol. The van der Waals surface area contributed by atoms with Gasteiger partial charge in [0.05, 0.1) is 12.6 Å². The number of quaternary nitrogens is 1. The molecule has 2 nitrogen and oxygen atoms in total. The molecular weight excluding hydrogens is 138 g/mol. The Bertz CT molecular complexity index is 115. The van der Waals surface area contributed by atoms with Gasteiger partial charge >= 0.3 is 0 Å². The second-order valence-corrected chi connectivity index (χ2v) is 4.22. The molecule has 1 rings (SSSR count). The van der Waals surface area contributed by atoms with E-state index >= 15 is 0 Å². The van der Waals surface area contributed by atoms with Gasteiger partial charge in [0.25, 0.3) is 0 Å². The minimum Gasteiger partial charge on any atom is -0.387 e. The van der Waals surface area contributed by atoms with Crippen molar-refractivity contribution < 1.29 is 10.0 Å². The lowest BCUT2D eigenvalue weighted by atomic mass is 9.97. The van der Waals surface area contributed by atoms with Crippen LogP contribution in [0.2, 0.25) is 0 Å². The molecular formula is C9H20NO+. The molecule has 1 fully saturated rings. The van der Waals surface area contributed by atoms with Gasteiger partial charge in [-0.25, -0.2) is 0 Å². The van der Waals surface area contributed by atoms with Crippen molar-refractivity contribution in [3.8, 4) is 0 Å². The molecule has 66 valence electrons. The van der Waals surface area contributed by atoms with Gasteiger partial charge in [0, 0.05) is 5.92 Å². The Hall–Kier alpha value is -0.0800. The molecule has 0 radical (unpaired) electrons. The van der Waals surface area contributed by atoms with Gasteiger partial charge in [-0.15, -0.1) is 0 Å². The third kappa shape index (κ3) is 2.46. The van der Waals surface area contributed by atoms with E-state index in [1.54, 1.807) is 4.90 Å². The Labute approximate surface area is 69.2 Å². The number of hydrogen-bond acceptors (Lipinski definition) is 1. The van der Waals surface area contributed by atoms with E-state index in [2.05, 4.69) is 20.8 Å². The maximum absolute atomic E-state index is 9.48. The number of rotatable bonds is 1. The van der Waals surface area contributed by atoms with Crippen molar-refractivity contribution in [2.75, 3.05) is 13.1 Å². The quantitative estimate of drug-likeness (QED) is 0.537. The zero-order valence-electron chi connectivity index (χ0n) is 7.80. The summed E-state index contributed by atoms with van der Waals surface area (Å²) in [4.78, 5) is 1.55. The molecule has 0 saturated carbocycles. The number of aliphatic hydroxyl groups excluding tert-OH is 1. The zero-order chi connectivity index (χ0) is 8.43. The summed E-state index contributed by atoms with van der Waals surface area (Å²) in [6, 6.07) is 0.660. The van der Waals surface area contributed by atoms with Gasteiger partial charge in [-0.05, 0) is 20.3 Å². The Morgan fingerprint density at radius 3 is 2.45 bits per heavy atom. The minimum absolute atomic E-state index is 0.0591. The van der Waals surface area contributed by atoms with Crippen LogP contribution in [0.3, 0.4) is 0 Å². The maximum atomic E-state index is 9.48. The second-order valence-electron chi connectivity index (χ2n) is 4.22. The third-order valence-corrected chi connectivity index (χ3v) is 2.60. The van der Waals surface area contributed by atoms with Crippen molar-refractivity contribution in [1.29, 1.82) is 0 Å². The first-order valence-electron chi connectivity index (χ1n) is 4.62. The highest BCUT2D eigenvalue weighted by atomic mass is 16.3. The fraction of sp³-hybridized carbons (Fsp3) is 1.00. The maximum Gasteiger partial charge on any atom is 0.104 e. The van der Waals surface area contributed by atoms with Crippen LogP contribution in [0.1, 0.15) is 27.2 Å². The van der Waals surface area contributed by atoms with Crippen LogP contribution in [0.15, 0.2) is 0 Å². The molecule has 3 atom stereocenters. The van der Waals surface area contributed by atoms with Gasteiger partial charge in [0.1, 0.15) is 12.6 Å². The molecule has 1 heterocycles. The van der Waals surface area contributed by atoms with Crippen molar-refractivity contribution in [3.05, 3.63) is 0 Å². The highest BCUT2D eigenvalue weighted by molar-refractivity contribution is 4.64. The summed E-state index contributed by atoms with van der Waals surface area (Å²) in [6.45, 7) is 8.85. The van der Waals surface area contributed by atoms with Crippen molar-refractivity contribution in [2.24, 2.45) is 5.92 Å². The normalized spacial score (nSPS) is 39.5. The highest BCUT2D eigenvalue weighted by Gasteiger charge is 2.27. The smallest absolute Gasteiger partial charge is 0.104 e. The van der Waals surface area contributed by atoms with Gasteiger partial charge in [0.2, 0.25) is 0 Å². The molecule has 0 aromatic carbocycles. The van der Waals surface area contributed by atoms with Crippen LogP contribution in [0.4, 0.5) is 0 Å². The molecule has 2 heteroatoms. The van der Waals surface area contributed by atoms with Gasteiger partial charge in [-0.3, -0.25) is 0 Å². The van der Waals surface area contributed by atoms with E-state index in [0.717, 1.165) is 13.0 Å². The molecule has 0 amide bonds. The van der Waals surface area contributed by atoms with Crippen molar-refractivity contribution >= 4 is 0 Å². The highest BCUT2D eigenvalue weighted by Crippen LogP contribution is 2.06. The average Bonchev–Trinajstić information content (AvgIpc) is 1.85. The molecule has 0 aliphatic carbocycles. The van der Waals surface area contributed by atoms with Gasteiger partial charge in [0.15, 0.2) is 0 Å². The van der Waals surface area contributed by atoms with Gasteiger partial charge in [-0.1, -0.05) is 6.92 Å². The van der Waals surface area contributed by atoms with Crippen molar-refractivity contribution in [1.82, 2.24) is 0 Å². The molecule has 11 heavy (non-hydrogen) atoms. The lowest BCUT2D eigenvalue weighted by Gasteiger charge is -2.33. The van der Waals surface area contributed by atoms with Crippen molar-refractivity contribution in [2.45, 2.75) is 39.3 Å². The summed E-state index contributed by atoms with van der Waals surface area (Å²) >= 11 is 0. The number of hydrogen-bond donors (Lipinski definition) is 2. The first kappa shape index (κ1) is 9.01. The standard InChI is InChI=1S/C9H19NO/c1-7(2)10-5-8(3)4-9(11)6-10/h7-9,11H,4-6H2,1-3H3/p+1/t8-,9-/m1/s1. The number of aliphatic hydroxyl groups is 1. The lowest BCUT2D eigenvalue weighted by molar-refractivity contribution is -0.932. The Morgan fingerprint density at radius 1 is 1.36 bits per heavy atom. The van der Waals surface area contributed by atoms with E-state index < -0.39 is 0 Å². The Kier molecular flexibility index (Phi) is 2.90. The molecule has 1 saturated heterocycles. The summed E-state index contributed by atoms with van der Waals surface area (Å²) in [7, 11) is 0. The lowest BCUT2D eigenvalue weighted by Crippen LogP contribution is -3.17. The van der Waals surface area contributed by atoms with Crippen LogP contribution >= 0.6 is 0 Å². The predicted octanol–water partition coefficient (Wildman–Crippen LogP) is -0.320. The molecule has 1 aliphatic heterocycles. The molecule has 0 bridgehead atoms. The summed E-state index contributed by atoms with van der Waals surface area (Å²) in [5.74, 6) is 0.691. The topological polar surface area (TPSA) is 24.7 Å². The van der Waals surface area contributed by atoms with Crippen LogP contribution in [0.25, 0.3) is 0 Å².